The second-order valence-electron chi connectivity index (χ2n) is 7.22. The second-order valence-corrected chi connectivity index (χ2v) is 8.07. The van der Waals surface area contributed by atoms with E-state index in [2.05, 4.69) is 21.2 Å². The number of rotatable bonds is 6. The topological polar surface area (TPSA) is 105 Å². The Hall–Kier alpha value is -4.17. The number of nitriles is 1. The maximum Gasteiger partial charge on any atom is 0.416 e. The molecule has 3 aromatic rings. The van der Waals surface area contributed by atoms with E-state index >= 15 is 0 Å². The van der Waals surface area contributed by atoms with E-state index in [0.717, 1.165) is 11.6 Å². The number of halogens is 4. The van der Waals surface area contributed by atoms with Gasteiger partial charge in [-0.05, 0) is 70.9 Å². The first-order valence-electron chi connectivity index (χ1n) is 9.81. The predicted molar refractivity (Wildman–Crippen MR) is 126 cm³/mol. The largest absolute Gasteiger partial charge is 0.449 e. The van der Waals surface area contributed by atoms with Gasteiger partial charge in [-0.2, -0.15) is 18.4 Å². The van der Waals surface area contributed by atoms with Crippen LogP contribution in [0.1, 0.15) is 16.7 Å². The molecule has 3 aromatic carbocycles. The molecular formula is C24H15BrF3N3O4. The number of benzene rings is 3. The van der Waals surface area contributed by atoms with E-state index in [4.69, 9.17) is 4.74 Å². The number of nitrogens with one attached hydrogen (secondary N) is 1. The summed E-state index contributed by atoms with van der Waals surface area (Å²) in [4.78, 5) is 22.7. The number of amides is 1. The number of ether oxygens (including phenoxy) is 1. The number of carbonyl (C=O) groups is 1. The summed E-state index contributed by atoms with van der Waals surface area (Å²) in [5.41, 5.74) is -0.247. The molecule has 0 saturated heterocycles. The first-order chi connectivity index (χ1) is 16.5. The average Bonchev–Trinajstić information content (AvgIpc) is 2.80. The van der Waals surface area contributed by atoms with E-state index in [1.54, 1.807) is 12.1 Å². The van der Waals surface area contributed by atoms with Gasteiger partial charge in [0.1, 0.15) is 17.4 Å². The molecule has 11 heteroatoms. The highest BCUT2D eigenvalue weighted by Gasteiger charge is 2.33. The Balaban J connectivity index is 1.83. The number of nitrogens with zero attached hydrogens (tertiary/aromatic N) is 2. The zero-order valence-electron chi connectivity index (χ0n) is 17.9. The van der Waals surface area contributed by atoms with Crippen molar-refractivity contribution < 1.29 is 27.6 Å². The standard InChI is InChI=1S/C24H15BrF3N3O4/c1-14-2-6-18(7-3-14)30-23(32)16(13-29)10-15-4-8-21(19(25)11-15)35-22-9-5-17(24(26,27)28)12-20(22)31(33)34/h2-12H,1H3,(H,30,32)/b16-10+. The van der Waals surface area contributed by atoms with Crippen LogP contribution in [0.2, 0.25) is 0 Å². The summed E-state index contributed by atoms with van der Waals surface area (Å²) in [6.07, 6.45) is -3.42. The maximum absolute atomic E-state index is 12.9. The molecular weight excluding hydrogens is 531 g/mol. The van der Waals surface area contributed by atoms with Crippen molar-refractivity contribution in [2.75, 3.05) is 5.32 Å². The van der Waals surface area contributed by atoms with E-state index in [1.807, 2.05) is 25.1 Å². The Labute approximate surface area is 205 Å². The number of hydrogen-bond donors (Lipinski definition) is 1. The molecule has 0 radical (unpaired) electrons. The molecule has 0 fully saturated rings. The molecule has 0 aromatic heterocycles. The van der Waals surface area contributed by atoms with Crippen molar-refractivity contribution in [3.8, 4) is 17.6 Å². The van der Waals surface area contributed by atoms with Gasteiger partial charge in [-0.15, -0.1) is 0 Å². The van der Waals surface area contributed by atoms with E-state index < -0.39 is 28.3 Å². The number of aryl methyl sites for hydroxylation is 1. The van der Waals surface area contributed by atoms with Gasteiger partial charge in [0.25, 0.3) is 5.91 Å². The summed E-state index contributed by atoms with van der Waals surface area (Å²) in [6.45, 7) is 1.90. The Morgan fingerprint density at radius 1 is 1.11 bits per heavy atom. The zero-order valence-corrected chi connectivity index (χ0v) is 19.5. The summed E-state index contributed by atoms with van der Waals surface area (Å²) in [7, 11) is 0. The fraction of sp³-hybridized carbons (Fsp3) is 0.0833. The monoisotopic (exact) mass is 545 g/mol. The van der Waals surface area contributed by atoms with E-state index in [1.165, 1.54) is 24.3 Å². The highest BCUT2D eigenvalue weighted by atomic mass is 79.9. The molecule has 0 unspecified atom stereocenters. The zero-order chi connectivity index (χ0) is 25.8. The number of hydrogen-bond acceptors (Lipinski definition) is 5. The lowest BCUT2D eigenvalue weighted by molar-refractivity contribution is -0.385. The SMILES string of the molecule is Cc1ccc(NC(=O)/C(C#N)=C/c2ccc(Oc3ccc(C(F)(F)F)cc3[N+](=O)[O-])c(Br)c2)cc1. The molecule has 0 bridgehead atoms. The molecule has 178 valence electrons. The van der Waals surface area contributed by atoms with Crippen LogP contribution in [0.15, 0.2) is 70.7 Å². The molecule has 0 aliphatic carbocycles. The van der Waals surface area contributed by atoms with Crippen LogP contribution < -0.4 is 10.1 Å². The van der Waals surface area contributed by atoms with Gasteiger partial charge in [-0.25, -0.2) is 0 Å². The third-order valence-electron chi connectivity index (χ3n) is 4.64. The molecule has 0 atom stereocenters. The maximum atomic E-state index is 12.9. The van der Waals surface area contributed by atoms with E-state index in [-0.39, 0.29) is 21.5 Å². The minimum atomic E-state index is -4.75. The number of alkyl halides is 3. The Morgan fingerprint density at radius 2 is 1.77 bits per heavy atom. The van der Waals surface area contributed by atoms with Crippen LogP contribution in [-0.4, -0.2) is 10.8 Å². The minimum Gasteiger partial charge on any atom is -0.449 e. The Bertz CT molecular complexity index is 1360. The van der Waals surface area contributed by atoms with Crippen LogP contribution in [0.25, 0.3) is 6.08 Å². The number of nitro groups is 1. The normalized spacial score (nSPS) is 11.5. The molecule has 7 nitrogen and oxygen atoms in total. The van der Waals surface area contributed by atoms with Crippen LogP contribution >= 0.6 is 15.9 Å². The van der Waals surface area contributed by atoms with Crippen molar-refractivity contribution in [3.63, 3.8) is 0 Å². The number of anilines is 1. The van der Waals surface area contributed by atoms with Gasteiger partial charge < -0.3 is 10.1 Å². The lowest BCUT2D eigenvalue weighted by Crippen LogP contribution is -2.13. The quantitative estimate of drug-likeness (QED) is 0.155. The van der Waals surface area contributed by atoms with Crippen LogP contribution in [0, 0.1) is 28.4 Å². The minimum absolute atomic E-state index is 0.0765. The first kappa shape index (κ1) is 25.5. The van der Waals surface area contributed by atoms with Crippen LogP contribution in [0.5, 0.6) is 11.5 Å². The third-order valence-corrected chi connectivity index (χ3v) is 5.26. The van der Waals surface area contributed by atoms with Crippen molar-refractivity contribution in [3.05, 3.63) is 97.5 Å². The average molecular weight is 546 g/mol. The summed E-state index contributed by atoms with van der Waals surface area (Å²) in [6, 6.07) is 15.1. The molecule has 1 amide bonds. The third kappa shape index (κ3) is 6.45. The molecule has 0 heterocycles. The fourth-order valence-corrected chi connectivity index (χ4v) is 3.36. The van der Waals surface area contributed by atoms with Gasteiger partial charge in [0.05, 0.1) is 15.0 Å². The second kappa shape index (κ2) is 10.4. The van der Waals surface area contributed by atoms with Crippen LogP contribution in [-0.2, 0) is 11.0 Å². The van der Waals surface area contributed by atoms with E-state index in [9.17, 15) is 33.3 Å². The van der Waals surface area contributed by atoms with Gasteiger partial charge in [0.2, 0.25) is 5.75 Å². The molecule has 0 saturated carbocycles. The molecule has 3 rings (SSSR count). The Morgan fingerprint density at radius 3 is 2.34 bits per heavy atom. The molecule has 1 N–H and O–H groups in total. The van der Waals surface area contributed by atoms with Crippen molar-refractivity contribution >= 4 is 39.3 Å². The van der Waals surface area contributed by atoms with Gasteiger partial charge in [-0.1, -0.05) is 23.8 Å². The first-order valence-corrected chi connectivity index (χ1v) is 10.6. The summed E-state index contributed by atoms with van der Waals surface area (Å²) in [5, 5.41) is 23.3. The van der Waals surface area contributed by atoms with Crippen molar-refractivity contribution in [2.24, 2.45) is 0 Å². The van der Waals surface area contributed by atoms with E-state index in [0.29, 0.717) is 23.4 Å². The Kier molecular flexibility index (Phi) is 7.56. The van der Waals surface area contributed by atoms with Crippen molar-refractivity contribution in [2.45, 2.75) is 13.1 Å². The van der Waals surface area contributed by atoms with Crippen LogP contribution in [0.3, 0.4) is 0 Å². The number of nitro benzene ring substituents is 1. The van der Waals surface area contributed by atoms with Crippen molar-refractivity contribution in [1.82, 2.24) is 0 Å². The predicted octanol–water partition coefficient (Wildman–Crippen LogP) is 7.02. The van der Waals surface area contributed by atoms with Gasteiger partial charge in [0.15, 0.2) is 0 Å². The molecule has 35 heavy (non-hydrogen) atoms. The number of carbonyl (C=O) groups excluding carboxylic acids is 1. The van der Waals surface area contributed by atoms with Gasteiger partial charge >= 0.3 is 11.9 Å². The summed E-state index contributed by atoms with van der Waals surface area (Å²) in [5.74, 6) is -0.928. The lowest BCUT2D eigenvalue weighted by atomic mass is 10.1. The van der Waals surface area contributed by atoms with Gasteiger partial charge in [-0.3, -0.25) is 14.9 Å². The highest BCUT2D eigenvalue weighted by molar-refractivity contribution is 9.10. The summed E-state index contributed by atoms with van der Waals surface area (Å²) < 4.78 is 44.5. The lowest BCUT2D eigenvalue weighted by Gasteiger charge is -2.11. The van der Waals surface area contributed by atoms with Crippen LogP contribution in [0.4, 0.5) is 24.5 Å². The van der Waals surface area contributed by atoms with Gasteiger partial charge in [0, 0.05) is 11.8 Å². The van der Waals surface area contributed by atoms with Crippen molar-refractivity contribution in [1.29, 1.82) is 5.26 Å². The molecule has 0 spiro atoms. The summed E-state index contributed by atoms with van der Waals surface area (Å²) >= 11 is 3.23. The fourth-order valence-electron chi connectivity index (χ4n) is 2.88. The highest BCUT2D eigenvalue weighted by Crippen LogP contribution is 2.39. The smallest absolute Gasteiger partial charge is 0.416 e. The molecule has 0 aliphatic heterocycles. The molecule has 0 aliphatic rings.